The van der Waals surface area contributed by atoms with Crippen LogP contribution in [0.3, 0.4) is 0 Å². The van der Waals surface area contributed by atoms with Crippen LogP contribution in [0.1, 0.15) is 0 Å². The van der Waals surface area contributed by atoms with Crippen molar-refractivity contribution in [1.82, 2.24) is 0 Å². The summed E-state index contributed by atoms with van der Waals surface area (Å²) in [5.74, 6) is -0.701. The molecule has 0 aromatic carbocycles. The van der Waals surface area contributed by atoms with Crippen LogP contribution in [0.25, 0.3) is 0 Å². The first-order chi connectivity index (χ1) is 3.27. The van der Waals surface area contributed by atoms with Crippen molar-refractivity contribution < 1.29 is 9.90 Å². The van der Waals surface area contributed by atoms with E-state index in [1.807, 2.05) is 0 Å². The topological polar surface area (TPSA) is 37.3 Å². The lowest BCUT2D eigenvalue weighted by Gasteiger charge is -1.72. The van der Waals surface area contributed by atoms with Gasteiger partial charge in [-0.3, -0.25) is 0 Å². The zero-order valence-electron chi connectivity index (χ0n) is 3.60. The molecule has 0 bridgehead atoms. The highest BCUT2D eigenvalue weighted by atomic mass is 35.5. The van der Waals surface area contributed by atoms with Crippen molar-refractivity contribution in [3.63, 3.8) is 0 Å². The van der Waals surface area contributed by atoms with Gasteiger partial charge in [-0.15, -0.1) is 11.6 Å². The number of aliphatic carboxylic acids is 1. The van der Waals surface area contributed by atoms with Gasteiger partial charge >= 0.3 is 5.97 Å². The third-order valence-corrected chi connectivity index (χ3v) is 0.528. The van der Waals surface area contributed by atoms with Crippen LogP contribution < -0.4 is 0 Å². The van der Waals surface area contributed by atoms with Crippen LogP contribution in [0.2, 0.25) is 0 Å². The van der Waals surface area contributed by atoms with Crippen LogP contribution >= 0.6 is 11.6 Å². The highest BCUT2D eigenvalue weighted by Crippen LogP contribution is 1.76. The molecule has 2 nitrogen and oxygen atoms in total. The zero-order chi connectivity index (χ0) is 5.70. The predicted octanol–water partition coefficient (Wildman–Crippen LogP) is 0.866. The van der Waals surface area contributed by atoms with E-state index in [1.54, 1.807) is 0 Å². The quantitative estimate of drug-likeness (QED) is 0.434. The van der Waals surface area contributed by atoms with Gasteiger partial charge in [0.05, 0.1) is 0 Å². The number of rotatable bonds is 2. The van der Waals surface area contributed by atoms with E-state index in [2.05, 4.69) is 0 Å². The molecule has 0 unspecified atom stereocenters. The molecule has 0 saturated carbocycles. The smallest absolute Gasteiger partial charge is 0.328 e. The fraction of sp³-hybridized carbons (Fsp3) is 0.250. The van der Waals surface area contributed by atoms with Crippen LogP contribution in [0.15, 0.2) is 12.2 Å². The second-order valence-electron chi connectivity index (χ2n) is 0.895. The molecule has 0 rings (SSSR count). The van der Waals surface area contributed by atoms with Crippen molar-refractivity contribution in [3.8, 4) is 0 Å². The Balaban J connectivity index is 3.26. The molecule has 0 saturated heterocycles. The molecule has 40 valence electrons. The monoisotopic (exact) mass is 120 g/mol. The number of allylic oxidation sites excluding steroid dienone is 1. The molecule has 0 aliphatic heterocycles. The number of carbonyl (C=O) groups is 1. The molecule has 0 aliphatic carbocycles. The summed E-state index contributed by atoms with van der Waals surface area (Å²) in [6.07, 6.45) is 2.37. The van der Waals surface area contributed by atoms with Gasteiger partial charge in [0.1, 0.15) is 0 Å². The van der Waals surface area contributed by atoms with Crippen molar-refractivity contribution in [3.05, 3.63) is 12.2 Å². The third kappa shape index (κ3) is 5.50. The lowest BCUT2D eigenvalue weighted by molar-refractivity contribution is -0.131. The molecule has 3 heteroatoms. The molecule has 1 N–H and O–H groups in total. The van der Waals surface area contributed by atoms with E-state index < -0.39 is 5.97 Å². The Bertz CT molecular complexity index is 87.7. The second kappa shape index (κ2) is 3.68. The van der Waals surface area contributed by atoms with E-state index in [1.165, 1.54) is 6.08 Å². The molecular weight excluding hydrogens is 115 g/mol. The van der Waals surface area contributed by atoms with E-state index in [0.29, 0.717) is 0 Å². The number of carboxylic acids is 1. The number of hydrogen-bond donors (Lipinski definition) is 1. The maximum Gasteiger partial charge on any atom is 0.328 e. The van der Waals surface area contributed by atoms with Crippen LogP contribution in [0, 0.1) is 0 Å². The second-order valence-corrected chi connectivity index (χ2v) is 1.20. The minimum atomic E-state index is -0.958. The summed E-state index contributed by atoms with van der Waals surface area (Å²) in [7, 11) is 0. The summed E-state index contributed by atoms with van der Waals surface area (Å²) in [4.78, 5) is 9.61. The molecule has 7 heavy (non-hydrogen) atoms. The van der Waals surface area contributed by atoms with Gasteiger partial charge in [0.2, 0.25) is 0 Å². The highest BCUT2D eigenvalue weighted by molar-refractivity contribution is 6.19. The molecule has 0 atom stereocenters. The normalized spacial score (nSPS) is 9.86. The molecular formula is C4H5ClO2. The summed E-state index contributed by atoms with van der Waals surface area (Å²) >= 11 is 5.10. The predicted molar refractivity (Wildman–Crippen MR) is 27.5 cm³/mol. The maximum atomic E-state index is 9.61. The first-order valence-corrected chi connectivity index (χ1v) is 2.26. The standard InChI is InChI=1S/C4H5ClO2/c5-3-1-2-4(6)7/h1-2H,3H2,(H,6,7). The number of carboxylic acid groups (broad SMARTS) is 1. The molecule has 0 heterocycles. The average Bonchev–Trinajstić information content (AvgIpc) is 1.61. The van der Waals surface area contributed by atoms with Crippen LogP contribution in [0.4, 0.5) is 0 Å². The van der Waals surface area contributed by atoms with Gasteiger partial charge in [0, 0.05) is 12.0 Å². The average molecular weight is 121 g/mol. The number of halogens is 1. The Morgan fingerprint density at radius 3 is 2.57 bits per heavy atom. The Hall–Kier alpha value is -0.500. The summed E-state index contributed by atoms with van der Waals surface area (Å²) in [5, 5.41) is 7.90. The summed E-state index contributed by atoms with van der Waals surface area (Å²) in [5.41, 5.74) is 0. The van der Waals surface area contributed by atoms with Gasteiger partial charge in [-0.1, -0.05) is 6.08 Å². The lowest BCUT2D eigenvalue weighted by atomic mass is 10.5. The van der Waals surface area contributed by atoms with Gasteiger partial charge in [0.25, 0.3) is 0 Å². The van der Waals surface area contributed by atoms with Crippen LogP contribution in [-0.2, 0) is 4.79 Å². The van der Waals surface area contributed by atoms with E-state index in [4.69, 9.17) is 16.7 Å². The summed E-state index contributed by atoms with van der Waals surface area (Å²) in [6.45, 7) is 0. The number of hydrogen-bond acceptors (Lipinski definition) is 1. The fourth-order valence-electron chi connectivity index (χ4n) is 0.145. The van der Waals surface area contributed by atoms with Crippen molar-refractivity contribution >= 4 is 17.6 Å². The fourth-order valence-corrected chi connectivity index (χ4v) is 0.234. The van der Waals surface area contributed by atoms with Crippen molar-refractivity contribution in [2.45, 2.75) is 0 Å². The van der Waals surface area contributed by atoms with Gasteiger partial charge < -0.3 is 5.11 Å². The van der Waals surface area contributed by atoms with E-state index in [-0.39, 0.29) is 5.88 Å². The molecule has 0 radical (unpaired) electrons. The Kier molecular flexibility index (Phi) is 3.42. The minimum Gasteiger partial charge on any atom is -0.478 e. The van der Waals surface area contributed by atoms with Crippen molar-refractivity contribution in [2.24, 2.45) is 0 Å². The molecule has 0 spiro atoms. The largest absolute Gasteiger partial charge is 0.478 e. The van der Waals surface area contributed by atoms with E-state index >= 15 is 0 Å². The maximum absolute atomic E-state index is 9.61. The molecule has 0 aliphatic rings. The molecule has 0 aromatic heterocycles. The Morgan fingerprint density at radius 1 is 1.86 bits per heavy atom. The van der Waals surface area contributed by atoms with Crippen LogP contribution in [-0.4, -0.2) is 17.0 Å². The highest BCUT2D eigenvalue weighted by Gasteiger charge is 1.79. The number of alkyl halides is 1. The summed E-state index contributed by atoms with van der Waals surface area (Å²) in [6, 6.07) is 0. The molecule has 0 aromatic rings. The van der Waals surface area contributed by atoms with Gasteiger partial charge in [-0.05, 0) is 0 Å². The van der Waals surface area contributed by atoms with Gasteiger partial charge in [-0.25, -0.2) is 4.79 Å². The summed E-state index contributed by atoms with van der Waals surface area (Å²) < 4.78 is 0. The van der Waals surface area contributed by atoms with Crippen molar-refractivity contribution in [1.29, 1.82) is 0 Å². The molecule has 0 amide bonds. The first-order valence-electron chi connectivity index (χ1n) is 1.73. The van der Waals surface area contributed by atoms with Crippen LogP contribution in [0.5, 0.6) is 0 Å². The minimum absolute atomic E-state index is 0.256. The van der Waals surface area contributed by atoms with Gasteiger partial charge in [-0.2, -0.15) is 0 Å². The van der Waals surface area contributed by atoms with E-state index in [0.717, 1.165) is 6.08 Å². The molecule has 0 fully saturated rings. The Morgan fingerprint density at radius 2 is 2.43 bits per heavy atom. The SMILES string of the molecule is O=C(O)C=CCCl. The zero-order valence-corrected chi connectivity index (χ0v) is 4.35. The Labute approximate surface area is 46.4 Å². The lowest BCUT2D eigenvalue weighted by Crippen LogP contribution is -1.85. The van der Waals surface area contributed by atoms with Crippen molar-refractivity contribution in [2.75, 3.05) is 5.88 Å². The van der Waals surface area contributed by atoms with E-state index in [9.17, 15) is 4.79 Å². The van der Waals surface area contributed by atoms with Gasteiger partial charge in [0.15, 0.2) is 0 Å². The third-order valence-electron chi connectivity index (χ3n) is 0.350. The first kappa shape index (κ1) is 6.50.